The Hall–Kier alpha value is -4.75. The summed E-state index contributed by atoms with van der Waals surface area (Å²) >= 11 is 3.70. The normalized spacial score (nSPS) is 11.5. The molecule has 2 heterocycles. The van der Waals surface area contributed by atoms with Crippen LogP contribution in [0, 0.1) is 11.3 Å². The molecule has 6 aromatic carbocycles. The third kappa shape index (κ3) is 3.73. The van der Waals surface area contributed by atoms with E-state index >= 15 is 0 Å². The largest absolute Gasteiger partial charge is 0.192 e. The summed E-state index contributed by atoms with van der Waals surface area (Å²) < 4.78 is 5.22. The maximum atomic E-state index is 9.57. The van der Waals surface area contributed by atoms with Gasteiger partial charge in [0.15, 0.2) is 0 Å². The maximum absolute atomic E-state index is 9.57. The van der Waals surface area contributed by atoms with E-state index in [0.29, 0.717) is 5.56 Å². The summed E-state index contributed by atoms with van der Waals surface area (Å²) in [5.41, 5.74) is 7.62. The highest BCUT2D eigenvalue weighted by molar-refractivity contribution is 7.26. The van der Waals surface area contributed by atoms with Gasteiger partial charge in [-0.25, -0.2) is 0 Å². The Labute approximate surface area is 239 Å². The van der Waals surface area contributed by atoms with E-state index in [1.807, 2.05) is 40.9 Å². The van der Waals surface area contributed by atoms with Crippen LogP contribution >= 0.6 is 22.7 Å². The lowest BCUT2D eigenvalue weighted by molar-refractivity contribution is 1.48. The lowest BCUT2D eigenvalue weighted by Crippen LogP contribution is -1.87. The molecule has 0 unspecified atom stereocenters. The van der Waals surface area contributed by atoms with Crippen molar-refractivity contribution >= 4 is 63.0 Å². The molecule has 0 atom stereocenters. The van der Waals surface area contributed by atoms with Crippen molar-refractivity contribution in [2.24, 2.45) is 0 Å². The van der Waals surface area contributed by atoms with Crippen LogP contribution in [-0.4, -0.2) is 0 Å². The molecule has 0 amide bonds. The van der Waals surface area contributed by atoms with Gasteiger partial charge in [-0.2, -0.15) is 5.26 Å². The molecule has 2 aromatic heterocycles. The van der Waals surface area contributed by atoms with Crippen LogP contribution in [0.1, 0.15) is 5.56 Å². The van der Waals surface area contributed by atoms with Crippen molar-refractivity contribution in [3.63, 3.8) is 0 Å². The quantitative estimate of drug-likeness (QED) is 0.217. The minimum absolute atomic E-state index is 0.669. The first kappa shape index (κ1) is 23.2. The number of fused-ring (bicyclic) bond motifs is 6. The maximum Gasteiger partial charge on any atom is 0.0991 e. The number of thiophene rings is 2. The standard InChI is InChI=1S/C37H21NS2/c38-22-23-7-5-8-24(17-23)26-18-27(25-15-16-32-30-9-1-3-13-34(30)39-36(32)21-25)20-28(19-26)29-11-6-12-33-31-10-2-4-14-35(31)40-37(29)33/h1-21H. The monoisotopic (exact) mass is 543 g/mol. The molecule has 186 valence electrons. The highest BCUT2D eigenvalue weighted by Gasteiger charge is 2.14. The molecule has 0 fully saturated rings. The Morgan fingerprint density at radius 1 is 0.425 bits per heavy atom. The number of benzene rings is 6. The van der Waals surface area contributed by atoms with Gasteiger partial charge in [0, 0.05) is 40.3 Å². The predicted molar refractivity (Wildman–Crippen MR) is 173 cm³/mol. The second kappa shape index (κ2) is 9.17. The average Bonchev–Trinajstić information content (AvgIpc) is 3.59. The second-order valence-electron chi connectivity index (χ2n) is 10.1. The van der Waals surface area contributed by atoms with Crippen molar-refractivity contribution in [3.05, 3.63) is 133 Å². The SMILES string of the molecule is N#Cc1cccc(-c2cc(-c3ccc4c(c3)sc3ccccc34)cc(-c3cccc4c3sc3ccccc34)c2)c1. The van der Waals surface area contributed by atoms with Crippen molar-refractivity contribution in [1.82, 2.24) is 0 Å². The molecular formula is C37H21NS2. The van der Waals surface area contributed by atoms with Crippen molar-refractivity contribution in [1.29, 1.82) is 5.26 Å². The molecule has 0 saturated carbocycles. The van der Waals surface area contributed by atoms with E-state index in [4.69, 9.17) is 0 Å². The van der Waals surface area contributed by atoms with E-state index in [1.54, 1.807) is 0 Å². The zero-order chi connectivity index (χ0) is 26.6. The van der Waals surface area contributed by atoms with Crippen LogP contribution in [0.2, 0.25) is 0 Å². The minimum Gasteiger partial charge on any atom is -0.192 e. The van der Waals surface area contributed by atoms with E-state index in [0.717, 1.165) is 11.1 Å². The third-order valence-electron chi connectivity index (χ3n) is 7.69. The fourth-order valence-electron chi connectivity index (χ4n) is 5.76. The molecule has 8 aromatic rings. The topological polar surface area (TPSA) is 23.8 Å². The number of nitrogens with zero attached hydrogens (tertiary/aromatic N) is 1. The van der Waals surface area contributed by atoms with Crippen LogP contribution in [-0.2, 0) is 0 Å². The first-order valence-corrected chi connectivity index (χ1v) is 14.9. The van der Waals surface area contributed by atoms with Gasteiger partial charge in [0.05, 0.1) is 11.6 Å². The highest BCUT2D eigenvalue weighted by Crippen LogP contribution is 2.43. The van der Waals surface area contributed by atoms with Gasteiger partial charge in [-0.15, -0.1) is 22.7 Å². The fraction of sp³-hybridized carbons (Fsp3) is 0. The highest BCUT2D eigenvalue weighted by atomic mass is 32.1. The summed E-state index contributed by atoms with van der Waals surface area (Å²) in [5, 5.41) is 14.8. The summed E-state index contributed by atoms with van der Waals surface area (Å²) in [7, 11) is 0. The van der Waals surface area contributed by atoms with E-state index in [9.17, 15) is 5.26 Å². The zero-order valence-electron chi connectivity index (χ0n) is 21.4. The molecule has 0 N–H and O–H groups in total. The molecule has 0 aliphatic carbocycles. The molecular weight excluding hydrogens is 523 g/mol. The average molecular weight is 544 g/mol. The molecule has 8 rings (SSSR count). The lowest BCUT2D eigenvalue weighted by Gasteiger charge is -2.12. The third-order valence-corrected chi connectivity index (χ3v) is 10.0. The van der Waals surface area contributed by atoms with Gasteiger partial charge in [0.1, 0.15) is 0 Å². The summed E-state index contributed by atoms with van der Waals surface area (Å²) in [5.74, 6) is 0. The van der Waals surface area contributed by atoms with Crippen LogP contribution in [0.15, 0.2) is 127 Å². The van der Waals surface area contributed by atoms with Gasteiger partial charge < -0.3 is 0 Å². The Morgan fingerprint density at radius 2 is 1.05 bits per heavy atom. The van der Waals surface area contributed by atoms with E-state index in [-0.39, 0.29) is 0 Å². The lowest BCUT2D eigenvalue weighted by atomic mass is 9.92. The predicted octanol–water partition coefficient (Wildman–Crippen LogP) is 11.3. The van der Waals surface area contributed by atoms with Crippen LogP contribution in [0.25, 0.3) is 73.7 Å². The Morgan fingerprint density at radius 3 is 1.85 bits per heavy atom. The van der Waals surface area contributed by atoms with Gasteiger partial charge in [-0.05, 0) is 81.9 Å². The molecule has 0 spiro atoms. The van der Waals surface area contributed by atoms with Crippen LogP contribution in [0.5, 0.6) is 0 Å². The number of hydrogen-bond acceptors (Lipinski definition) is 3. The van der Waals surface area contributed by atoms with Gasteiger partial charge in [-0.3, -0.25) is 0 Å². The first-order valence-electron chi connectivity index (χ1n) is 13.2. The number of hydrogen-bond donors (Lipinski definition) is 0. The summed E-state index contributed by atoms with van der Waals surface area (Å²) in [6, 6.07) is 47.8. The van der Waals surface area contributed by atoms with Crippen molar-refractivity contribution in [2.45, 2.75) is 0 Å². The summed E-state index contributed by atoms with van der Waals surface area (Å²) in [6.45, 7) is 0. The smallest absolute Gasteiger partial charge is 0.0991 e. The zero-order valence-corrected chi connectivity index (χ0v) is 23.0. The van der Waals surface area contributed by atoms with E-state index < -0.39 is 0 Å². The summed E-state index contributed by atoms with van der Waals surface area (Å²) in [6.07, 6.45) is 0. The fourth-order valence-corrected chi connectivity index (χ4v) is 8.15. The van der Waals surface area contributed by atoms with Gasteiger partial charge in [0.25, 0.3) is 0 Å². The van der Waals surface area contributed by atoms with E-state index in [2.05, 4.69) is 115 Å². The molecule has 3 heteroatoms. The van der Waals surface area contributed by atoms with Crippen LogP contribution in [0.3, 0.4) is 0 Å². The molecule has 0 bridgehead atoms. The Kier molecular flexibility index (Phi) is 5.31. The molecule has 0 radical (unpaired) electrons. The van der Waals surface area contributed by atoms with E-state index in [1.165, 1.54) is 62.6 Å². The summed E-state index contributed by atoms with van der Waals surface area (Å²) in [4.78, 5) is 0. The molecule has 40 heavy (non-hydrogen) atoms. The second-order valence-corrected chi connectivity index (χ2v) is 12.2. The Balaban J connectivity index is 1.38. The minimum atomic E-state index is 0.669. The van der Waals surface area contributed by atoms with Crippen molar-refractivity contribution < 1.29 is 0 Å². The number of rotatable bonds is 3. The Bertz CT molecular complexity index is 2290. The van der Waals surface area contributed by atoms with Crippen molar-refractivity contribution in [2.75, 3.05) is 0 Å². The van der Waals surface area contributed by atoms with Gasteiger partial charge in [-0.1, -0.05) is 78.9 Å². The van der Waals surface area contributed by atoms with Crippen LogP contribution in [0.4, 0.5) is 0 Å². The van der Waals surface area contributed by atoms with Gasteiger partial charge >= 0.3 is 0 Å². The van der Waals surface area contributed by atoms with Gasteiger partial charge in [0.2, 0.25) is 0 Å². The molecule has 1 nitrogen and oxygen atoms in total. The molecule has 0 aliphatic rings. The molecule has 0 saturated heterocycles. The molecule has 0 aliphatic heterocycles. The number of nitriles is 1. The van der Waals surface area contributed by atoms with Crippen molar-refractivity contribution in [3.8, 4) is 39.4 Å². The first-order chi connectivity index (χ1) is 19.7. The van der Waals surface area contributed by atoms with Crippen LogP contribution < -0.4 is 0 Å².